The zero-order valence-corrected chi connectivity index (χ0v) is 21.2. The number of aromatic nitrogens is 2. The number of Topliss-reactive ketones (excluding diaryl/α,β-unsaturated/α-hetero) is 1. The highest BCUT2D eigenvalue weighted by Crippen LogP contribution is 2.47. The number of carbonyl (C=O) groups is 1. The minimum atomic E-state index is -0.107. The molecule has 36 heavy (non-hydrogen) atoms. The number of carbonyl (C=O) groups excluding carboxylic acids is 1. The number of hydrogen-bond acceptors (Lipinski definition) is 2. The van der Waals surface area contributed by atoms with Gasteiger partial charge in [0.2, 0.25) is 0 Å². The van der Waals surface area contributed by atoms with Crippen LogP contribution in [0.3, 0.4) is 0 Å². The first kappa shape index (κ1) is 22.4. The first-order valence-electron chi connectivity index (χ1n) is 12.4. The summed E-state index contributed by atoms with van der Waals surface area (Å²) in [5.74, 6) is 1.02. The molecule has 5 aromatic rings. The van der Waals surface area contributed by atoms with Crippen molar-refractivity contribution in [2.75, 3.05) is 7.11 Å². The molecule has 4 nitrogen and oxygen atoms in total. The molecule has 2 heterocycles. The smallest absolute Gasteiger partial charge is 0.165 e. The van der Waals surface area contributed by atoms with Gasteiger partial charge in [-0.05, 0) is 60.7 Å². The van der Waals surface area contributed by atoms with Crippen molar-refractivity contribution in [2.24, 2.45) is 5.41 Å². The fourth-order valence-electron chi connectivity index (χ4n) is 5.61. The molecule has 0 fully saturated rings. The molecule has 0 unspecified atom stereocenters. The lowest BCUT2D eigenvalue weighted by atomic mass is 9.75. The summed E-state index contributed by atoms with van der Waals surface area (Å²) in [6, 6.07) is 27.2. The van der Waals surface area contributed by atoms with Crippen molar-refractivity contribution in [2.45, 2.75) is 33.6 Å². The van der Waals surface area contributed by atoms with E-state index in [1.54, 1.807) is 7.11 Å². The molecule has 0 saturated carbocycles. The molecule has 180 valence electrons. The Morgan fingerprint density at radius 2 is 1.64 bits per heavy atom. The lowest BCUT2D eigenvalue weighted by Gasteiger charge is -2.30. The van der Waals surface area contributed by atoms with Crippen molar-refractivity contribution in [3.63, 3.8) is 0 Å². The van der Waals surface area contributed by atoms with E-state index in [1.807, 2.05) is 24.3 Å². The van der Waals surface area contributed by atoms with Crippen molar-refractivity contribution in [3.8, 4) is 34.0 Å². The number of aromatic amines is 1. The van der Waals surface area contributed by atoms with Crippen LogP contribution in [-0.4, -0.2) is 22.4 Å². The fourth-order valence-corrected chi connectivity index (χ4v) is 5.61. The van der Waals surface area contributed by atoms with E-state index in [-0.39, 0.29) is 11.2 Å². The number of rotatable bonds is 4. The molecule has 0 saturated heterocycles. The van der Waals surface area contributed by atoms with E-state index in [0.717, 1.165) is 62.5 Å². The Labute approximate surface area is 211 Å². The van der Waals surface area contributed by atoms with Crippen LogP contribution in [0.1, 0.15) is 41.9 Å². The van der Waals surface area contributed by atoms with Crippen LogP contribution in [-0.2, 0) is 6.42 Å². The second-order valence-corrected chi connectivity index (χ2v) is 10.7. The highest BCUT2D eigenvalue weighted by molar-refractivity contribution is 6.09. The average molecular weight is 475 g/mol. The number of ketones is 1. The average Bonchev–Trinajstić information content (AvgIpc) is 3.43. The number of benzene rings is 3. The van der Waals surface area contributed by atoms with Gasteiger partial charge in [0.05, 0.1) is 12.8 Å². The summed E-state index contributed by atoms with van der Waals surface area (Å²) >= 11 is 0. The van der Waals surface area contributed by atoms with Crippen molar-refractivity contribution in [3.05, 3.63) is 95.7 Å². The molecule has 1 aliphatic carbocycles. The molecular formula is C32H30N2O2. The number of fused-ring (bicyclic) bond motifs is 2. The summed E-state index contributed by atoms with van der Waals surface area (Å²) in [7, 11) is 1.68. The predicted octanol–water partition coefficient (Wildman–Crippen LogP) is 7.76. The number of methoxy groups -OCH3 is 1. The van der Waals surface area contributed by atoms with Crippen LogP contribution in [0.5, 0.6) is 5.75 Å². The molecule has 0 bridgehead atoms. The summed E-state index contributed by atoms with van der Waals surface area (Å²) in [6.07, 6.45) is 1.36. The van der Waals surface area contributed by atoms with E-state index < -0.39 is 0 Å². The molecule has 0 radical (unpaired) electrons. The Kier molecular flexibility index (Phi) is 5.15. The van der Waals surface area contributed by atoms with E-state index >= 15 is 0 Å². The summed E-state index contributed by atoms with van der Waals surface area (Å²) in [5.41, 5.74) is 9.19. The van der Waals surface area contributed by atoms with Gasteiger partial charge in [-0.15, -0.1) is 0 Å². The van der Waals surface area contributed by atoms with Gasteiger partial charge in [0, 0.05) is 45.5 Å². The lowest BCUT2D eigenvalue weighted by molar-refractivity contribution is 0.0911. The Hall–Kier alpha value is -4.05. The minimum absolute atomic E-state index is 0.107. The maximum absolute atomic E-state index is 13.8. The van der Waals surface area contributed by atoms with Crippen LogP contribution < -0.4 is 4.74 Å². The summed E-state index contributed by atoms with van der Waals surface area (Å²) in [5, 5.41) is 1.06. The summed E-state index contributed by atoms with van der Waals surface area (Å²) in [4.78, 5) is 17.5. The maximum atomic E-state index is 13.8. The van der Waals surface area contributed by atoms with Crippen LogP contribution in [0, 0.1) is 12.3 Å². The minimum Gasteiger partial charge on any atom is -0.497 e. The van der Waals surface area contributed by atoms with Crippen LogP contribution >= 0.6 is 0 Å². The van der Waals surface area contributed by atoms with E-state index in [0.29, 0.717) is 6.42 Å². The number of hydrogen-bond donors (Lipinski definition) is 1. The molecule has 3 aromatic carbocycles. The number of nitrogens with zero attached hydrogens (tertiary/aromatic N) is 1. The van der Waals surface area contributed by atoms with Gasteiger partial charge in [0.1, 0.15) is 5.75 Å². The van der Waals surface area contributed by atoms with Gasteiger partial charge in [-0.25, -0.2) is 0 Å². The monoisotopic (exact) mass is 474 g/mol. The van der Waals surface area contributed by atoms with Gasteiger partial charge >= 0.3 is 0 Å². The van der Waals surface area contributed by atoms with Crippen molar-refractivity contribution in [1.82, 2.24) is 9.55 Å². The maximum Gasteiger partial charge on any atom is 0.165 e. The summed E-state index contributed by atoms with van der Waals surface area (Å²) in [6.45, 7) is 6.48. The second-order valence-electron chi connectivity index (χ2n) is 10.7. The molecule has 1 N–H and O–H groups in total. The first-order chi connectivity index (χ1) is 17.3. The largest absolute Gasteiger partial charge is 0.497 e. The van der Waals surface area contributed by atoms with E-state index in [2.05, 4.69) is 84.9 Å². The van der Waals surface area contributed by atoms with Gasteiger partial charge < -0.3 is 14.3 Å². The first-order valence-corrected chi connectivity index (χ1v) is 12.4. The van der Waals surface area contributed by atoms with Crippen molar-refractivity contribution in [1.29, 1.82) is 0 Å². The molecule has 0 spiro atoms. The Balaban J connectivity index is 1.73. The fraction of sp³-hybridized carbons (Fsp3) is 0.219. The summed E-state index contributed by atoms with van der Waals surface area (Å²) < 4.78 is 7.78. The van der Waals surface area contributed by atoms with Gasteiger partial charge in [0.25, 0.3) is 0 Å². The number of ether oxygens (including phenoxy) is 1. The van der Waals surface area contributed by atoms with E-state index in [9.17, 15) is 4.79 Å². The van der Waals surface area contributed by atoms with Gasteiger partial charge in [0.15, 0.2) is 5.78 Å². The molecule has 0 aliphatic heterocycles. The third-order valence-electron chi connectivity index (χ3n) is 7.27. The third kappa shape index (κ3) is 3.65. The van der Waals surface area contributed by atoms with E-state index in [4.69, 9.17) is 4.74 Å². The van der Waals surface area contributed by atoms with E-state index in [1.165, 1.54) is 5.56 Å². The molecule has 1 aliphatic rings. The normalized spacial score (nSPS) is 14.7. The molecule has 6 rings (SSSR count). The highest BCUT2D eigenvalue weighted by Gasteiger charge is 2.39. The number of H-pyrrole nitrogens is 1. The van der Waals surface area contributed by atoms with Crippen LogP contribution in [0.4, 0.5) is 0 Å². The predicted molar refractivity (Wildman–Crippen MR) is 146 cm³/mol. The number of nitrogens with one attached hydrogen (secondary N) is 1. The number of aryl methyl sites for hydroxylation is 1. The topological polar surface area (TPSA) is 47.0 Å². The van der Waals surface area contributed by atoms with Crippen molar-refractivity contribution < 1.29 is 9.53 Å². The molecule has 4 heteroatoms. The second kappa shape index (κ2) is 8.27. The Morgan fingerprint density at radius 1 is 0.889 bits per heavy atom. The molecule has 0 atom stereocenters. The van der Waals surface area contributed by atoms with Crippen molar-refractivity contribution >= 4 is 16.7 Å². The van der Waals surface area contributed by atoms with Crippen LogP contribution in [0.2, 0.25) is 0 Å². The standard InChI is InChI=1S/C32H30N2O2/c1-20-10-12-23(13-11-20)34-27-18-32(2,3)19-28(35)30(27)29(31(34)21-8-6-5-7-9-21)26-17-22-16-24(36-4)14-15-25(22)33-26/h5-17,33H,18-19H2,1-4H3. The van der Waals surface area contributed by atoms with Crippen LogP contribution in [0.15, 0.2) is 78.9 Å². The molecular weight excluding hydrogens is 444 g/mol. The zero-order valence-electron chi connectivity index (χ0n) is 21.2. The van der Waals surface area contributed by atoms with Crippen LogP contribution in [0.25, 0.3) is 39.1 Å². The third-order valence-corrected chi connectivity index (χ3v) is 7.27. The quantitative estimate of drug-likeness (QED) is 0.289. The zero-order chi connectivity index (χ0) is 25.0. The lowest BCUT2D eigenvalue weighted by Crippen LogP contribution is -2.28. The molecule has 2 aromatic heterocycles. The van der Waals surface area contributed by atoms with Gasteiger partial charge in [-0.1, -0.05) is 61.9 Å². The Morgan fingerprint density at radius 3 is 2.36 bits per heavy atom. The van der Waals surface area contributed by atoms with Gasteiger partial charge in [-0.3, -0.25) is 4.79 Å². The highest BCUT2D eigenvalue weighted by atomic mass is 16.5. The van der Waals surface area contributed by atoms with Gasteiger partial charge in [-0.2, -0.15) is 0 Å². The molecule has 0 amide bonds. The Bertz CT molecular complexity index is 1600. The SMILES string of the molecule is COc1ccc2[nH]c(-c3c4c(n(-c5ccc(C)cc5)c3-c3ccccc3)CC(C)(C)CC4=O)cc2c1.